The van der Waals surface area contributed by atoms with Gasteiger partial charge in [0, 0.05) is 22.5 Å². The number of halogens is 2. The molecule has 4 aromatic rings. The fourth-order valence-corrected chi connectivity index (χ4v) is 5.01. The van der Waals surface area contributed by atoms with Gasteiger partial charge < -0.3 is 14.6 Å². The Kier molecular flexibility index (Phi) is 6.11. The van der Waals surface area contributed by atoms with Gasteiger partial charge in [-0.15, -0.1) is 0 Å². The minimum absolute atomic E-state index is 0.177. The number of hydrogen-bond donors (Lipinski definition) is 1. The SMILES string of the molecule is CCc1ccc(N2C(=S)N[C@@H](c3ccccn3)[C@@H]2c2ccc(-c3ccc(Cl)cc3Cl)o2)cc1. The fraction of sp³-hybridized carbons (Fsp3) is 0.154. The summed E-state index contributed by atoms with van der Waals surface area (Å²) in [5.41, 5.74) is 3.94. The van der Waals surface area contributed by atoms with Crippen molar-refractivity contribution >= 4 is 46.2 Å². The summed E-state index contributed by atoms with van der Waals surface area (Å²) in [6.07, 6.45) is 2.77. The van der Waals surface area contributed by atoms with Crippen molar-refractivity contribution in [3.63, 3.8) is 0 Å². The average molecular weight is 494 g/mol. The zero-order valence-corrected chi connectivity index (χ0v) is 20.2. The number of anilines is 1. The minimum atomic E-state index is -0.222. The number of thiocarbonyl (C=S) groups is 1. The first-order chi connectivity index (χ1) is 16.0. The summed E-state index contributed by atoms with van der Waals surface area (Å²) in [4.78, 5) is 6.69. The van der Waals surface area contributed by atoms with Crippen molar-refractivity contribution in [1.29, 1.82) is 0 Å². The van der Waals surface area contributed by atoms with Gasteiger partial charge in [-0.3, -0.25) is 4.98 Å². The molecule has 0 spiro atoms. The molecule has 166 valence electrons. The van der Waals surface area contributed by atoms with Gasteiger partial charge in [-0.2, -0.15) is 0 Å². The maximum absolute atomic E-state index is 6.44. The number of aromatic nitrogens is 1. The topological polar surface area (TPSA) is 41.3 Å². The number of nitrogens with zero attached hydrogens (tertiary/aromatic N) is 2. The second kappa shape index (κ2) is 9.18. The average Bonchev–Trinajstić information content (AvgIpc) is 3.44. The van der Waals surface area contributed by atoms with Crippen molar-refractivity contribution < 1.29 is 4.42 Å². The van der Waals surface area contributed by atoms with E-state index < -0.39 is 0 Å². The van der Waals surface area contributed by atoms with E-state index in [0.29, 0.717) is 20.9 Å². The van der Waals surface area contributed by atoms with Gasteiger partial charge in [-0.25, -0.2) is 0 Å². The molecule has 0 amide bonds. The molecule has 1 aliphatic rings. The molecule has 2 aromatic heterocycles. The lowest BCUT2D eigenvalue weighted by Gasteiger charge is -2.26. The van der Waals surface area contributed by atoms with Gasteiger partial charge in [-0.1, -0.05) is 48.3 Å². The van der Waals surface area contributed by atoms with Gasteiger partial charge >= 0.3 is 0 Å². The first-order valence-electron chi connectivity index (χ1n) is 10.7. The Morgan fingerprint density at radius 3 is 2.55 bits per heavy atom. The van der Waals surface area contributed by atoms with Crippen molar-refractivity contribution in [2.24, 2.45) is 0 Å². The summed E-state index contributed by atoms with van der Waals surface area (Å²) in [6, 6.07) is 23.2. The Labute approximate surface area is 208 Å². The standard InChI is InChI=1S/C26H21Cl2N3OS/c1-2-16-6-9-18(10-7-16)31-25(24(30-26(31)33)21-5-3-4-14-29-21)23-13-12-22(32-23)19-11-8-17(27)15-20(19)28/h3-15,24-25H,2H2,1H3,(H,30,33)/t24-,25-/m0/s1. The molecule has 7 heteroatoms. The largest absolute Gasteiger partial charge is 0.459 e. The third kappa shape index (κ3) is 4.24. The lowest BCUT2D eigenvalue weighted by atomic mass is 10.0. The van der Waals surface area contributed by atoms with E-state index in [-0.39, 0.29) is 12.1 Å². The number of hydrogen-bond acceptors (Lipinski definition) is 3. The summed E-state index contributed by atoms with van der Waals surface area (Å²) < 4.78 is 6.37. The molecule has 5 rings (SSSR count). The van der Waals surface area contributed by atoms with Gasteiger partial charge in [-0.05, 0) is 78.8 Å². The fourth-order valence-electron chi connectivity index (χ4n) is 4.16. The molecular formula is C26H21Cl2N3OS. The van der Waals surface area contributed by atoms with Gasteiger partial charge in [0.2, 0.25) is 0 Å². The number of nitrogens with one attached hydrogen (secondary N) is 1. The van der Waals surface area contributed by atoms with Crippen LogP contribution >= 0.6 is 35.4 Å². The van der Waals surface area contributed by atoms with Crippen LogP contribution in [0.3, 0.4) is 0 Å². The Hall–Kier alpha value is -2.86. The van der Waals surface area contributed by atoms with Crippen LogP contribution in [0, 0.1) is 0 Å². The third-order valence-corrected chi connectivity index (χ3v) is 6.70. The Morgan fingerprint density at radius 2 is 1.85 bits per heavy atom. The monoisotopic (exact) mass is 493 g/mol. The molecule has 4 nitrogen and oxygen atoms in total. The summed E-state index contributed by atoms with van der Waals surface area (Å²) in [5, 5.41) is 5.20. The van der Waals surface area contributed by atoms with Crippen LogP contribution in [0.1, 0.15) is 36.0 Å². The van der Waals surface area contributed by atoms with Gasteiger partial charge in [0.15, 0.2) is 5.11 Å². The highest BCUT2D eigenvalue weighted by molar-refractivity contribution is 7.80. The second-order valence-corrected chi connectivity index (χ2v) is 9.07. The molecule has 2 aromatic carbocycles. The van der Waals surface area contributed by atoms with E-state index in [2.05, 4.69) is 46.4 Å². The van der Waals surface area contributed by atoms with Crippen LogP contribution in [-0.2, 0) is 6.42 Å². The van der Waals surface area contributed by atoms with E-state index in [0.717, 1.165) is 29.1 Å². The van der Waals surface area contributed by atoms with Crippen molar-refractivity contribution in [3.05, 3.63) is 106 Å². The van der Waals surface area contributed by atoms with E-state index in [1.165, 1.54) is 5.56 Å². The third-order valence-electron chi connectivity index (χ3n) is 5.84. The zero-order valence-electron chi connectivity index (χ0n) is 17.8. The Balaban J connectivity index is 1.59. The molecule has 1 fully saturated rings. The highest BCUT2D eigenvalue weighted by atomic mass is 35.5. The maximum atomic E-state index is 6.44. The number of furan rings is 1. The molecule has 2 atom stereocenters. The van der Waals surface area contributed by atoms with E-state index in [1.54, 1.807) is 18.3 Å². The van der Waals surface area contributed by atoms with Crippen molar-refractivity contribution in [1.82, 2.24) is 10.3 Å². The summed E-state index contributed by atoms with van der Waals surface area (Å²) in [5.74, 6) is 1.43. The van der Waals surface area contributed by atoms with Crippen LogP contribution < -0.4 is 10.2 Å². The van der Waals surface area contributed by atoms with Crippen LogP contribution in [0.4, 0.5) is 5.69 Å². The normalized spacial score (nSPS) is 17.9. The number of rotatable bonds is 5. The van der Waals surface area contributed by atoms with Gasteiger partial charge in [0.25, 0.3) is 0 Å². The molecule has 0 aliphatic carbocycles. The molecule has 1 saturated heterocycles. The number of pyridine rings is 1. The lowest BCUT2D eigenvalue weighted by molar-refractivity contribution is 0.439. The first-order valence-corrected chi connectivity index (χ1v) is 11.9. The molecular weight excluding hydrogens is 473 g/mol. The summed E-state index contributed by atoms with van der Waals surface area (Å²) >= 11 is 18.3. The Morgan fingerprint density at radius 1 is 1.03 bits per heavy atom. The molecule has 0 radical (unpaired) electrons. The lowest BCUT2D eigenvalue weighted by Crippen LogP contribution is -2.29. The summed E-state index contributed by atoms with van der Waals surface area (Å²) in [7, 11) is 0. The van der Waals surface area contributed by atoms with Crippen LogP contribution in [0.5, 0.6) is 0 Å². The molecule has 3 heterocycles. The molecule has 0 unspecified atom stereocenters. The van der Waals surface area contributed by atoms with Crippen molar-refractivity contribution in [2.45, 2.75) is 25.4 Å². The predicted octanol–water partition coefficient (Wildman–Crippen LogP) is 7.39. The quantitative estimate of drug-likeness (QED) is 0.293. The highest BCUT2D eigenvalue weighted by Crippen LogP contribution is 2.43. The maximum Gasteiger partial charge on any atom is 0.174 e. The van der Waals surface area contributed by atoms with Crippen LogP contribution in [0.25, 0.3) is 11.3 Å². The van der Waals surface area contributed by atoms with E-state index in [1.807, 2.05) is 36.4 Å². The van der Waals surface area contributed by atoms with Crippen molar-refractivity contribution in [3.8, 4) is 11.3 Å². The van der Waals surface area contributed by atoms with E-state index >= 15 is 0 Å². The van der Waals surface area contributed by atoms with Crippen LogP contribution in [0.2, 0.25) is 10.0 Å². The minimum Gasteiger partial charge on any atom is -0.459 e. The zero-order chi connectivity index (χ0) is 22.9. The van der Waals surface area contributed by atoms with Crippen LogP contribution in [0.15, 0.2) is 83.4 Å². The number of aryl methyl sites for hydroxylation is 1. The smallest absolute Gasteiger partial charge is 0.174 e. The molecule has 1 N–H and O–H groups in total. The summed E-state index contributed by atoms with van der Waals surface area (Å²) in [6.45, 7) is 2.14. The van der Waals surface area contributed by atoms with Crippen molar-refractivity contribution in [2.75, 3.05) is 4.90 Å². The number of benzene rings is 2. The second-order valence-electron chi connectivity index (χ2n) is 7.84. The Bertz CT molecular complexity index is 1290. The molecule has 0 saturated carbocycles. The highest BCUT2D eigenvalue weighted by Gasteiger charge is 2.42. The van der Waals surface area contributed by atoms with Gasteiger partial charge in [0.1, 0.15) is 17.6 Å². The molecule has 1 aliphatic heterocycles. The molecule has 0 bridgehead atoms. The van der Waals surface area contributed by atoms with Gasteiger partial charge in [0.05, 0.1) is 16.8 Å². The van der Waals surface area contributed by atoms with E-state index in [4.69, 9.17) is 39.8 Å². The molecule has 33 heavy (non-hydrogen) atoms. The predicted molar refractivity (Wildman–Crippen MR) is 138 cm³/mol. The van der Waals surface area contributed by atoms with Crippen LogP contribution in [-0.4, -0.2) is 10.1 Å². The first kappa shape index (κ1) is 22.0. The van der Waals surface area contributed by atoms with E-state index in [9.17, 15) is 0 Å².